The highest BCUT2D eigenvalue weighted by atomic mass is 16.7. The molecule has 0 aromatic carbocycles. The molecule has 4 saturated carbocycles. The molecular weight excluding hydrogens is 564 g/mol. The van der Waals surface area contributed by atoms with Crippen molar-refractivity contribution in [2.24, 2.45) is 44.8 Å². The first-order chi connectivity index (χ1) is 20.4. The molecule has 4 unspecified atom stereocenters. The van der Waals surface area contributed by atoms with Gasteiger partial charge in [-0.05, 0) is 104 Å². The number of aliphatic hydroxyl groups is 5. The predicted molar refractivity (Wildman–Crippen MR) is 159 cm³/mol. The van der Waals surface area contributed by atoms with Crippen molar-refractivity contribution < 1.29 is 44.5 Å². The SMILES string of the molecule is C[C@H]1[C@H]2[C@H](C[C@@]3(C)C4=CC[C@H]5C(C)(C)[C@@H](OC6OCC(O)C(O)C6O)CC[C@@]56C[C@@]46CC[C@]23C)O[C@@]2(O)[C@@H]1OC(C)(C)[C@H]2O. The van der Waals surface area contributed by atoms with E-state index in [1.807, 2.05) is 13.8 Å². The maximum absolute atomic E-state index is 11.7. The molecule has 248 valence electrons. The number of hydrogen-bond acceptors (Lipinski definition) is 9. The van der Waals surface area contributed by atoms with Gasteiger partial charge in [0.05, 0.1) is 24.4 Å². The molecule has 44 heavy (non-hydrogen) atoms. The van der Waals surface area contributed by atoms with E-state index in [0.29, 0.717) is 5.92 Å². The van der Waals surface area contributed by atoms with Gasteiger partial charge in [-0.25, -0.2) is 0 Å². The summed E-state index contributed by atoms with van der Waals surface area (Å²) >= 11 is 0. The van der Waals surface area contributed by atoms with Crippen molar-refractivity contribution in [3.63, 3.8) is 0 Å². The molecule has 0 aromatic heterocycles. The summed E-state index contributed by atoms with van der Waals surface area (Å²) in [6.07, 6.45) is 3.19. The van der Waals surface area contributed by atoms with Gasteiger partial charge in [-0.3, -0.25) is 0 Å². The molecule has 0 bridgehead atoms. The minimum atomic E-state index is -1.69. The van der Waals surface area contributed by atoms with Crippen LogP contribution in [-0.4, -0.2) is 92.5 Å². The van der Waals surface area contributed by atoms with Gasteiger partial charge >= 0.3 is 0 Å². The third-order valence-corrected chi connectivity index (χ3v) is 15.5. The Hall–Kier alpha value is -0.620. The number of fused-ring (bicyclic) bond motifs is 5. The van der Waals surface area contributed by atoms with Crippen LogP contribution in [0, 0.1) is 44.8 Å². The zero-order valence-electron chi connectivity index (χ0n) is 27.5. The Morgan fingerprint density at radius 3 is 2.39 bits per heavy atom. The average Bonchev–Trinajstić information content (AvgIpc) is 3.49. The van der Waals surface area contributed by atoms with Crippen LogP contribution in [-0.2, 0) is 18.9 Å². The first-order valence-corrected chi connectivity index (χ1v) is 17.2. The van der Waals surface area contributed by atoms with Crippen molar-refractivity contribution >= 4 is 0 Å². The molecule has 2 spiro atoms. The van der Waals surface area contributed by atoms with Gasteiger partial charge in [0, 0.05) is 0 Å². The van der Waals surface area contributed by atoms with Crippen LogP contribution < -0.4 is 0 Å². The highest BCUT2D eigenvalue weighted by Gasteiger charge is 2.82. The Morgan fingerprint density at radius 2 is 1.66 bits per heavy atom. The van der Waals surface area contributed by atoms with E-state index in [0.717, 1.165) is 38.5 Å². The minimum Gasteiger partial charge on any atom is -0.388 e. The highest BCUT2D eigenvalue weighted by Crippen LogP contribution is 2.88. The van der Waals surface area contributed by atoms with Crippen LogP contribution >= 0.6 is 0 Å². The van der Waals surface area contributed by atoms with E-state index >= 15 is 0 Å². The third kappa shape index (κ3) is 3.38. The largest absolute Gasteiger partial charge is 0.388 e. The van der Waals surface area contributed by atoms with Crippen LogP contribution in [0.4, 0.5) is 0 Å². The Balaban J connectivity index is 1.09. The lowest BCUT2D eigenvalue weighted by atomic mass is 9.45. The topological polar surface area (TPSA) is 138 Å². The molecule has 0 aromatic rings. The normalized spacial score (nSPS) is 61.5. The summed E-state index contributed by atoms with van der Waals surface area (Å²) in [6, 6.07) is 0. The molecule has 7 fully saturated rings. The number of rotatable bonds is 2. The summed E-state index contributed by atoms with van der Waals surface area (Å²) in [4.78, 5) is 0. The van der Waals surface area contributed by atoms with Crippen LogP contribution in [0.15, 0.2) is 11.6 Å². The maximum Gasteiger partial charge on any atom is 0.222 e. The minimum absolute atomic E-state index is 0.0111. The Morgan fingerprint density at radius 1 is 0.932 bits per heavy atom. The Labute approximate surface area is 261 Å². The second-order valence-corrected chi connectivity index (χ2v) is 17.8. The van der Waals surface area contributed by atoms with Gasteiger partial charge in [0.25, 0.3) is 0 Å². The third-order valence-electron chi connectivity index (χ3n) is 15.5. The average molecular weight is 619 g/mol. The molecule has 3 aliphatic heterocycles. The van der Waals surface area contributed by atoms with Gasteiger partial charge in [0.1, 0.15) is 30.5 Å². The molecule has 8 aliphatic rings. The molecule has 5 aliphatic carbocycles. The van der Waals surface area contributed by atoms with Crippen molar-refractivity contribution in [3.8, 4) is 0 Å². The quantitative estimate of drug-likeness (QED) is 0.296. The maximum atomic E-state index is 11.7. The standard InChI is InChI=1S/C35H54O9/c1-17-23-19(43-35(40)26(17)44-30(4,5)28(35)39)14-32(7)21-9-8-20-29(2,3)22(42-27-25(38)24(37)18(36)15-41-27)10-11-33(20)16-34(21,33)13-12-31(23,32)6/h9,17-20,22-28,36-40H,8,10-16H2,1-7H3/t17-,18?,19-,20-,22-,23-,24?,25?,26+,27?,28+,31+,32-,33+,34-,35-/m0/s1. The summed E-state index contributed by atoms with van der Waals surface area (Å²) in [5, 5.41) is 53.6. The molecule has 3 heterocycles. The number of hydrogen-bond donors (Lipinski definition) is 5. The van der Waals surface area contributed by atoms with Gasteiger partial charge in [0.2, 0.25) is 5.79 Å². The van der Waals surface area contributed by atoms with E-state index in [-0.39, 0.29) is 57.7 Å². The van der Waals surface area contributed by atoms with Gasteiger partial charge in [-0.15, -0.1) is 0 Å². The summed E-state index contributed by atoms with van der Waals surface area (Å²) in [5.41, 5.74) is 0.859. The second kappa shape index (κ2) is 8.88. The fourth-order valence-corrected chi connectivity index (χ4v) is 13.1. The molecule has 0 amide bonds. The lowest BCUT2D eigenvalue weighted by Crippen LogP contribution is -2.62. The molecule has 3 saturated heterocycles. The lowest BCUT2D eigenvalue weighted by molar-refractivity contribution is -0.327. The van der Waals surface area contributed by atoms with Crippen molar-refractivity contribution in [3.05, 3.63) is 11.6 Å². The van der Waals surface area contributed by atoms with E-state index in [1.165, 1.54) is 6.42 Å². The number of aliphatic hydroxyl groups excluding tert-OH is 4. The summed E-state index contributed by atoms with van der Waals surface area (Å²) in [7, 11) is 0. The molecule has 9 heteroatoms. The molecule has 5 N–H and O–H groups in total. The number of ether oxygens (including phenoxy) is 4. The van der Waals surface area contributed by atoms with E-state index in [9.17, 15) is 25.5 Å². The first kappa shape index (κ1) is 30.7. The zero-order valence-corrected chi connectivity index (χ0v) is 27.5. The smallest absolute Gasteiger partial charge is 0.222 e. The second-order valence-electron chi connectivity index (χ2n) is 17.8. The highest BCUT2D eigenvalue weighted by molar-refractivity contribution is 5.46. The van der Waals surface area contributed by atoms with Crippen molar-refractivity contribution in [2.45, 2.75) is 154 Å². The Bertz CT molecular complexity index is 1270. The summed E-state index contributed by atoms with van der Waals surface area (Å²) < 4.78 is 25.1. The van der Waals surface area contributed by atoms with Gasteiger partial charge < -0.3 is 44.5 Å². The molecule has 9 nitrogen and oxygen atoms in total. The van der Waals surface area contributed by atoms with Crippen LogP contribution in [0.5, 0.6) is 0 Å². The summed E-state index contributed by atoms with van der Waals surface area (Å²) in [5.74, 6) is -1.00. The van der Waals surface area contributed by atoms with E-state index < -0.39 is 48.2 Å². The van der Waals surface area contributed by atoms with Gasteiger partial charge in [-0.1, -0.05) is 46.3 Å². The van der Waals surface area contributed by atoms with Crippen LogP contribution in [0.2, 0.25) is 0 Å². The molecular formula is C35H54O9. The lowest BCUT2D eigenvalue weighted by Gasteiger charge is -2.60. The molecule has 0 radical (unpaired) electrons. The van der Waals surface area contributed by atoms with Crippen molar-refractivity contribution in [1.29, 1.82) is 0 Å². The fraction of sp³-hybridized carbons (Fsp3) is 0.943. The summed E-state index contributed by atoms with van der Waals surface area (Å²) in [6.45, 7) is 15.3. The van der Waals surface area contributed by atoms with E-state index in [4.69, 9.17) is 18.9 Å². The van der Waals surface area contributed by atoms with Crippen LogP contribution in [0.25, 0.3) is 0 Å². The van der Waals surface area contributed by atoms with E-state index in [1.54, 1.807) is 5.57 Å². The van der Waals surface area contributed by atoms with Crippen LogP contribution in [0.1, 0.15) is 93.4 Å². The van der Waals surface area contributed by atoms with Crippen molar-refractivity contribution in [2.75, 3.05) is 6.61 Å². The van der Waals surface area contributed by atoms with Gasteiger partial charge in [-0.2, -0.15) is 0 Å². The van der Waals surface area contributed by atoms with Crippen molar-refractivity contribution in [1.82, 2.24) is 0 Å². The number of allylic oxidation sites excluding steroid dienone is 2. The Kier molecular flexibility index (Phi) is 6.20. The first-order valence-electron chi connectivity index (χ1n) is 17.2. The van der Waals surface area contributed by atoms with Crippen LogP contribution in [0.3, 0.4) is 0 Å². The molecule has 8 rings (SSSR count). The monoisotopic (exact) mass is 618 g/mol. The fourth-order valence-electron chi connectivity index (χ4n) is 13.1. The van der Waals surface area contributed by atoms with Gasteiger partial charge in [0.15, 0.2) is 6.29 Å². The zero-order chi connectivity index (χ0) is 31.6. The predicted octanol–water partition coefficient (Wildman–Crippen LogP) is 3.04. The van der Waals surface area contributed by atoms with E-state index in [2.05, 4.69) is 40.7 Å². The molecule has 16 atom stereocenters.